The van der Waals surface area contributed by atoms with E-state index in [1.165, 1.54) is 0 Å². The smallest absolute Gasteiger partial charge is 0.320 e. The van der Waals surface area contributed by atoms with Gasteiger partial charge in [-0.05, 0) is 37.6 Å². The van der Waals surface area contributed by atoms with E-state index in [4.69, 9.17) is 28.3 Å². The van der Waals surface area contributed by atoms with Crippen molar-refractivity contribution >= 4 is 40.8 Å². The highest BCUT2D eigenvalue weighted by atomic mass is 35.5. The molecule has 108 valence electrons. The molecule has 20 heavy (non-hydrogen) atoms. The van der Waals surface area contributed by atoms with E-state index in [1.54, 1.807) is 23.1 Å². The summed E-state index contributed by atoms with van der Waals surface area (Å²) in [6.45, 7) is 0.670. The summed E-state index contributed by atoms with van der Waals surface area (Å²) in [6, 6.07) is 4.22. The molecule has 1 heterocycles. The zero-order valence-electron chi connectivity index (χ0n) is 10.6. The topological polar surface area (TPSA) is 69.6 Å². The molecule has 1 aliphatic heterocycles. The number of nitrogens with zero attached hydrogens (tertiary/aromatic N) is 1. The van der Waals surface area contributed by atoms with Crippen LogP contribution in [-0.4, -0.2) is 41.0 Å². The zero-order valence-corrected chi connectivity index (χ0v) is 12.1. The highest BCUT2D eigenvalue weighted by Gasteiger charge is 2.31. The molecule has 1 amide bonds. The van der Waals surface area contributed by atoms with Gasteiger partial charge in [0.1, 0.15) is 6.04 Å². The van der Waals surface area contributed by atoms with E-state index in [9.17, 15) is 9.59 Å². The first-order valence-corrected chi connectivity index (χ1v) is 6.94. The number of likely N-dealkylation sites (tertiary alicyclic amines) is 1. The molecule has 0 saturated carbocycles. The van der Waals surface area contributed by atoms with Gasteiger partial charge in [0, 0.05) is 5.69 Å². The molecule has 0 spiro atoms. The first kappa shape index (κ1) is 15.1. The number of nitrogens with one attached hydrogen (secondary N) is 1. The van der Waals surface area contributed by atoms with Crippen molar-refractivity contribution in [3.63, 3.8) is 0 Å². The Bertz CT molecular complexity index is 536. The molecular formula is C13H14Cl2N2O3. The molecule has 1 atom stereocenters. The maximum Gasteiger partial charge on any atom is 0.320 e. The summed E-state index contributed by atoms with van der Waals surface area (Å²) >= 11 is 11.7. The third-order valence-electron chi connectivity index (χ3n) is 3.20. The van der Waals surface area contributed by atoms with Crippen LogP contribution in [0.5, 0.6) is 0 Å². The normalized spacial score (nSPS) is 19.0. The lowest BCUT2D eigenvalue weighted by molar-refractivity contribution is -0.142. The molecule has 0 bridgehead atoms. The number of hydrogen-bond donors (Lipinski definition) is 2. The van der Waals surface area contributed by atoms with Crippen molar-refractivity contribution < 1.29 is 14.7 Å². The van der Waals surface area contributed by atoms with Crippen LogP contribution in [0.15, 0.2) is 18.2 Å². The first-order chi connectivity index (χ1) is 9.47. The van der Waals surface area contributed by atoms with Gasteiger partial charge in [-0.3, -0.25) is 14.5 Å². The van der Waals surface area contributed by atoms with E-state index in [-0.39, 0.29) is 12.5 Å². The molecule has 0 radical (unpaired) electrons. The molecule has 1 unspecified atom stereocenters. The zero-order chi connectivity index (χ0) is 14.7. The molecule has 1 aliphatic rings. The van der Waals surface area contributed by atoms with Crippen molar-refractivity contribution in [2.45, 2.75) is 18.9 Å². The van der Waals surface area contributed by atoms with Crippen LogP contribution in [0.2, 0.25) is 10.0 Å². The highest BCUT2D eigenvalue weighted by molar-refractivity contribution is 6.42. The Morgan fingerprint density at radius 2 is 2.10 bits per heavy atom. The summed E-state index contributed by atoms with van der Waals surface area (Å²) in [5.41, 5.74) is 0.537. The fourth-order valence-electron chi connectivity index (χ4n) is 2.25. The van der Waals surface area contributed by atoms with Crippen LogP contribution >= 0.6 is 23.2 Å². The van der Waals surface area contributed by atoms with Crippen LogP contribution in [-0.2, 0) is 9.59 Å². The number of carbonyl (C=O) groups is 2. The van der Waals surface area contributed by atoms with E-state index in [1.807, 2.05) is 0 Å². The number of rotatable bonds is 4. The Morgan fingerprint density at radius 1 is 1.35 bits per heavy atom. The van der Waals surface area contributed by atoms with Crippen LogP contribution in [0.3, 0.4) is 0 Å². The lowest BCUT2D eigenvalue weighted by Gasteiger charge is -2.20. The number of aliphatic carboxylic acids is 1. The lowest BCUT2D eigenvalue weighted by atomic mass is 10.2. The molecular weight excluding hydrogens is 303 g/mol. The lowest BCUT2D eigenvalue weighted by Crippen LogP contribution is -2.40. The average molecular weight is 317 g/mol. The molecule has 5 nitrogen and oxygen atoms in total. The van der Waals surface area contributed by atoms with Crippen molar-refractivity contribution in [2.75, 3.05) is 18.4 Å². The van der Waals surface area contributed by atoms with E-state index < -0.39 is 12.0 Å². The maximum absolute atomic E-state index is 11.9. The third kappa shape index (κ3) is 3.62. The van der Waals surface area contributed by atoms with E-state index >= 15 is 0 Å². The van der Waals surface area contributed by atoms with Gasteiger partial charge in [0.05, 0.1) is 16.6 Å². The number of benzene rings is 1. The largest absolute Gasteiger partial charge is 0.480 e. The molecule has 2 N–H and O–H groups in total. The number of halogens is 2. The van der Waals surface area contributed by atoms with Crippen molar-refractivity contribution in [1.29, 1.82) is 0 Å². The van der Waals surface area contributed by atoms with E-state index in [0.717, 1.165) is 6.42 Å². The Balaban J connectivity index is 1.95. The monoisotopic (exact) mass is 316 g/mol. The van der Waals surface area contributed by atoms with Gasteiger partial charge < -0.3 is 10.4 Å². The standard InChI is InChI=1S/C13H14Cl2N2O3/c14-9-4-3-8(6-10(9)15)16-12(18)7-17-5-1-2-11(17)13(19)20/h3-4,6,11H,1-2,5,7H2,(H,16,18)(H,19,20). The summed E-state index contributed by atoms with van der Waals surface area (Å²) in [5.74, 6) is -1.15. The van der Waals surface area contributed by atoms with Crippen LogP contribution in [0.4, 0.5) is 5.69 Å². The van der Waals surface area contributed by atoms with Crippen molar-refractivity contribution in [1.82, 2.24) is 4.90 Å². The van der Waals surface area contributed by atoms with Gasteiger partial charge in [-0.1, -0.05) is 23.2 Å². The van der Waals surface area contributed by atoms with Gasteiger partial charge in [0.15, 0.2) is 0 Å². The van der Waals surface area contributed by atoms with Gasteiger partial charge in [0.25, 0.3) is 0 Å². The maximum atomic E-state index is 11.9. The minimum absolute atomic E-state index is 0.0528. The summed E-state index contributed by atoms with van der Waals surface area (Å²) in [7, 11) is 0. The summed E-state index contributed by atoms with van der Waals surface area (Å²) < 4.78 is 0. The highest BCUT2D eigenvalue weighted by Crippen LogP contribution is 2.25. The number of amides is 1. The van der Waals surface area contributed by atoms with Crippen molar-refractivity contribution in [3.05, 3.63) is 28.2 Å². The molecule has 1 aromatic carbocycles. The molecule has 1 fully saturated rings. The van der Waals surface area contributed by atoms with Crippen LogP contribution in [0, 0.1) is 0 Å². The second-order valence-corrected chi connectivity index (χ2v) is 5.46. The predicted octanol–water partition coefficient (Wildman–Crippen LogP) is 2.48. The molecule has 7 heteroatoms. The number of carboxylic acid groups (broad SMARTS) is 1. The number of carboxylic acids is 1. The summed E-state index contributed by atoms with van der Waals surface area (Å²) in [5, 5.41) is 12.5. The number of anilines is 1. The Labute approximate surface area is 126 Å². The second kappa shape index (κ2) is 6.43. The molecule has 0 aromatic heterocycles. The van der Waals surface area contributed by atoms with Crippen LogP contribution in [0.1, 0.15) is 12.8 Å². The molecule has 1 saturated heterocycles. The molecule has 0 aliphatic carbocycles. The van der Waals surface area contributed by atoms with Crippen molar-refractivity contribution in [2.24, 2.45) is 0 Å². The Morgan fingerprint density at radius 3 is 2.75 bits per heavy atom. The number of hydrogen-bond acceptors (Lipinski definition) is 3. The van der Waals surface area contributed by atoms with Gasteiger partial charge in [-0.15, -0.1) is 0 Å². The first-order valence-electron chi connectivity index (χ1n) is 6.19. The third-order valence-corrected chi connectivity index (χ3v) is 3.94. The fraction of sp³-hybridized carbons (Fsp3) is 0.385. The van der Waals surface area contributed by atoms with Gasteiger partial charge in [-0.25, -0.2) is 0 Å². The van der Waals surface area contributed by atoms with Crippen LogP contribution < -0.4 is 5.32 Å². The van der Waals surface area contributed by atoms with E-state index in [0.29, 0.717) is 28.7 Å². The predicted molar refractivity (Wildman–Crippen MR) is 77.3 cm³/mol. The fourth-order valence-corrected chi connectivity index (χ4v) is 2.55. The summed E-state index contributed by atoms with van der Waals surface area (Å²) in [6.07, 6.45) is 1.37. The van der Waals surface area contributed by atoms with Gasteiger partial charge in [0.2, 0.25) is 5.91 Å². The minimum Gasteiger partial charge on any atom is -0.480 e. The van der Waals surface area contributed by atoms with Gasteiger partial charge >= 0.3 is 5.97 Å². The SMILES string of the molecule is O=C(CN1CCCC1C(=O)O)Nc1ccc(Cl)c(Cl)c1. The molecule has 2 rings (SSSR count). The molecule has 1 aromatic rings. The average Bonchev–Trinajstić information content (AvgIpc) is 2.82. The van der Waals surface area contributed by atoms with E-state index in [2.05, 4.69) is 5.32 Å². The Kier molecular flexibility index (Phi) is 4.86. The van der Waals surface area contributed by atoms with Gasteiger partial charge in [-0.2, -0.15) is 0 Å². The second-order valence-electron chi connectivity index (χ2n) is 4.64. The quantitative estimate of drug-likeness (QED) is 0.895. The Hall–Kier alpha value is -1.30. The summed E-state index contributed by atoms with van der Waals surface area (Å²) in [4.78, 5) is 24.6. The number of carbonyl (C=O) groups excluding carboxylic acids is 1. The van der Waals surface area contributed by atoms with Crippen LogP contribution in [0.25, 0.3) is 0 Å². The van der Waals surface area contributed by atoms with Crippen molar-refractivity contribution in [3.8, 4) is 0 Å². The minimum atomic E-state index is -0.884.